The maximum atomic E-state index is 12.5. The number of alkyl halides is 3. The zero-order valence-corrected chi connectivity index (χ0v) is 11.9. The smallest absolute Gasteiger partial charge is 0.416 e. The number of benzene rings is 1. The first-order chi connectivity index (χ1) is 9.25. The standard InChI is InChI=1S/C13H11Cl2F3O2/c1-2-20-12(19)5-3-4-9-10(14)6-8(7-11(9)15)13(16,17)18/h3-4,6-7H,2,5H2,1H3. The third kappa shape index (κ3) is 4.72. The van der Waals surface area contributed by atoms with Crippen LogP contribution in [-0.2, 0) is 15.7 Å². The van der Waals surface area contributed by atoms with E-state index >= 15 is 0 Å². The molecule has 0 aliphatic rings. The molecule has 0 bridgehead atoms. The van der Waals surface area contributed by atoms with Gasteiger partial charge in [-0.05, 0) is 19.1 Å². The first-order valence-electron chi connectivity index (χ1n) is 5.64. The molecule has 20 heavy (non-hydrogen) atoms. The van der Waals surface area contributed by atoms with E-state index in [4.69, 9.17) is 27.9 Å². The number of carbonyl (C=O) groups is 1. The van der Waals surface area contributed by atoms with E-state index in [1.54, 1.807) is 6.92 Å². The number of halogens is 5. The Morgan fingerprint density at radius 2 is 1.85 bits per heavy atom. The van der Waals surface area contributed by atoms with Crippen molar-refractivity contribution in [1.82, 2.24) is 0 Å². The van der Waals surface area contributed by atoms with Crippen LogP contribution in [0.3, 0.4) is 0 Å². The highest BCUT2D eigenvalue weighted by Crippen LogP contribution is 2.36. The summed E-state index contributed by atoms with van der Waals surface area (Å²) in [5.74, 6) is -0.442. The Morgan fingerprint density at radius 3 is 2.30 bits per heavy atom. The fourth-order valence-electron chi connectivity index (χ4n) is 1.40. The van der Waals surface area contributed by atoms with E-state index in [0.717, 1.165) is 12.1 Å². The second kappa shape index (κ2) is 6.99. The van der Waals surface area contributed by atoms with Crippen LogP contribution in [-0.4, -0.2) is 12.6 Å². The van der Waals surface area contributed by atoms with Crippen LogP contribution in [0.2, 0.25) is 10.0 Å². The molecular formula is C13H11Cl2F3O2. The molecule has 0 spiro atoms. The topological polar surface area (TPSA) is 26.3 Å². The third-order valence-corrected chi connectivity index (χ3v) is 2.91. The van der Waals surface area contributed by atoms with Gasteiger partial charge in [-0.1, -0.05) is 35.4 Å². The molecule has 0 saturated heterocycles. The minimum atomic E-state index is -4.51. The van der Waals surface area contributed by atoms with Gasteiger partial charge in [0, 0.05) is 15.6 Å². The first-order valence-corrected chi connectivity index (χ1v) is 6.39. The number of carbonyl (C=O) groups excluding carboxylic acids is 1. The SMILES string of the molecule is CCOC(=O)CC=Cc1c(Cl)cc(C(F)(F)F)cc1Cl. The average Bonchev–Trinajstić information content (AvgIpc) is 2.31. The summed E-state index contributed by atoms with van der Waals surface area (Å²) in [7, 11) is 0. The van der Waals surface area contributed by atoms with E-state index < -0.39 is 17.7 Å². The maximum Gasteiger partial charge on any atom is 0.416 e. The highest BCUT2D eigenvalue weighted by molar-refractivity contribution is 6.37. The van der Waals surface area contributed by atoms with Crippen molar-refractivity contribution in [2.24, 2.45) is 0 Å². The molecule has 0 aliphatic heterocycles. The summed E-state index contributed by atoms with van der Waals surface area (Å²) < 4.78 is 42.3. The van der Waals surface area contributed by atoms with E-state index in [9.17, 15) is 18.0 Å². The Balaban J connectivity index is 2.92. The highest BCUT2D eigenvalue weighted by atomic mass is 35.5. The molecule has 1 rings (SSSR count). The summed E-state index contributed by atoms with van der Waals surface area (Å²) in [6.45, 7) is 1.93. The van der Waals surface area contributed by atoms with Crippen molar-refractivity contribution in [2.45, 2.75) is 19.5 Å². The van der Waals surface area contributed by atoms with Crippen LogP contribution in [0.1, 0.15) is 24.5 Å². The lowest BCUT2D eigenvalue weighted by atomic mass is 10.1. The van der Waals surface area contributed by atoms with E-state index in [2.05, 4.69) is 0 Å². The van der Waals surface area contributed by atoms with Gasteiger partial charge in [-0.15, -0.1) is 0 Å². The maximum absolute atomic E-state index is 12.5. The summed E-state index contributed by atoms with van der Waals surface area (Å²) in [5, 5.41) is -0.269. The fourth-order valence-corrected chi connectivity index (χ4v) is 2.01. The largest absolute Gasteiger partial charge is 0.466 e. The molecule has 7 heteroatoms. The highest BCUT2D eigenvalue weighted by Gasteiger charge is 2.31. The van der Waals surface area contributed by atoms with Crippen LogP contribution in [0.15, 0.2) is 18.2 Å². The van der Waals surface area contributed by atoms with Gasteiger partial charge in [0.15, 0.2) is 0 Å². The number of esters is 1. The normalized spacial score (nSPS) is 11.9. The lowest BCUT2D eigenvalue weighted by Gasteiger charge is -2.10. The van der Waals surface area contributed by atoms with Crippen molar-refractivity contribution in [1.29, 1.82) is 0 Å². The van der Waals surface area contributed by atoms with Crippen LogP contribution in [0.4, 0.5) is 13.2 Å². The minimum absolute atomic E-state index is 0.0124. The quantitative estimate of drug-likeness (QED) is 0.729. The van der Waals surface area contributed by atoms with Gasteiger partial charge in [0.05, 0.1) is 18.6 Å². The van der Waals surface area contributed by atoms with Crippen LogP contribution in [0.25, 0.3) is 6.08 Å². The van der Waals surface area contributed by atoms with Gasteiger partial charge >= 0.3 is 12.1 Å². The van der Waals surface area contributed by atoms with Gasteiger partial charge in [-0.3, -0.25) is 4.79 Å². The molecule has 1 aromatic carbocycles. The zero-order chi connectivity index (χ0) is 15.3. The monoisotopic (exact) mass is 326 g/mol. The Kier molecular flexibility index (Phi) is 5.89. The minimum Gasteiger partial charge on any atom is -0.466 e. The predicted octanol–water partition coefficient (Wildman–Crippen LogP) is 4.98. The molecule has 0 radical (unpaired) electrons. The Morgan fingerprint density at radius 1 is 1.30 bits per heavy atom. The van der Waals surface area contributed by atoms with Gasteiger partial charge in [0.2, 0.25) is 0 Å². The van der Waals surface area contributed by atoms with E-state index in [1.807, 2.05) is 0 Å². The lowest BCUT2D eigenvalue weighted by Crippen LogP contribution is -2.05. The van der Waals surface area contributed by atoms with Crippen LogP contribution < -0.4 is 0 Å². The molecule has 0 fully saturated rings. The number of ether oxygens (including phenoxy) is 1. The van der Waals surface area contributed by atoms with Gasteiger partial charge in [0.25, 0.3) is 0 Å². The average molecular weight is 327 g/mol. The molecule has 0 aromatic heterocycles. The molecule has 0 unspecified atom stereocenters. The first kappa shape index (κ1) is 16.9. The summed E-state index contributed by atoms with van der Waals surface area (Å²) in [5.41, 5.74) is -0.694. The van der Waals surface area contributed by atoms with Crippen molar-refractivity contribution in [2.75, 3.05) is 6.61 Å². The molecule has 0 heterocycles. The van der Waals surface area contributed by atoms with Crippen molar-refractivity contribution >= 4 is 35.2 Å². The summed E-state index contributed by atoms with van der Waals surface area (Å²) >= 11 is 11.5. The third-order valence-electron chi connectivity index (χ3n) is 2.28. The van der Waals surface area contributed by atoms with Gasteiger partial charge < -0.3 is 4.74 Å². The molecule has 0 saturated carbocycles. The second-order valence-corrected chi connectivity index (χ2v) is 4.58. The van der Waals surface area contributed by atoms with Crippen LogP contribution in [0, 0.1) is 0 Å². The molecule has 2 nitrogen and oxygen atoms in total. The molecular weight excluding hydrogens is 316 g/mol. The lowest BCUT2D eigenvalue weighted by molar-refractivity contribution is -0.142. The van der Waals surface area contributed by atoms with E-state index in [0.29, 0.717) is 0 Å². The Hall–Kier alpha value is -1.20. The predicted molar refractivity (Wildman–Crippen MR) is 71.7 cm³/mol. The molecule has 0 aliphatic carbocycles. The van der Waals surface area contributed by atoms with E-state index in [1.165, 1.54) is 12.2 Å². The number of rotatable bonds is 4. The molecule has 0 amide bonds. The van der Waals surface area contributed by atoms with E-state index in [-0.39, 0.29) is 28.6 Å². The molecule has 110 valence electrons. The van der Waals surface area contributed by atoms with Crippen LogP contribution in [0.5, 0.6) is 0 Å². The Bertz CT molecular complexity index is 502. The van der Waals surface area contributed by atoms with Gasteiger partial charge in [0.1, 0.15) is 0 Å². The van der Waals surface area contributed by atoms with Crippen molar-refractivity contribution < 1.29 is 22.7 Å². The molecule has 1 aromatic rings. The summed E-state index contributed by atoms with van der Waals surface area (Å²) in [6, 6.07) is 1.58. The second-order valence-electron chi connectivity index (χ2n) is 3.76. The molecule has 0 N–H and O–H groups in total. The fraction of sp³-hybridized carbons (Fsp3) is 0.308. The molecule has 0 atom stereocenters. The van der Waals surface area contributed by atoms with Gasteiger partial charge in [-0.2, -0.15) is 13.2 Å². The van der Waals surface area contributed by atoms with Crippen molar-refractivity contribution in [3.8, 4) is 0 Å². The number of hydrogen-bond donors (Lipinski definition) is 0. The summed E-state index contributed by atoms with van der Waals surface area (Å²) in [4.78, 5) is 11.1. The number of hydrogen-bond acceptors (Lipinski definition) is 2. The van der Waals surface area contributed by atoms with Crippen LogP contribution >= 0.6 is 23.2 Å². The zero-order valence-electron chi connectivity index (χ0n) is 10.4. The Labute approximate surface area is 124 Å². The van der Waals surface area contributed by atoms with Crippen molar-refractivity contribution in [3.63, 3.8) is 0 Å². The van der Waals surface area contributed by atoms with Crippen molar-refractivity contribution in [3.05, 3.63) is 39.4 Å². The van der Waals surface area contributed by atoms with Gasteiger partial charge in [-0.25, -0.2) is 0 Å². The summed E-state index contributed by atoms with van der Waals surface area (Å²) in [6.07, 6.45) is -1.71.